The lowest BCUT2D eigenvalue weighted by Crippen LogP contribution is -2.42. The average Bonchev–Trinajstić information content (AvgIpc) is 2.96. The number of aromatic amines is 1. The molecule has 2 aromatic carbocycles. The summed E-state index contributed by atoms with van der Waals surface area (Å²) in [4.78, 5) is 29.5. The van der Waals surface area contributed by atoms with Crippen molar-refractivity contribution < 1.29 is 4.79 Å². The smallest absolute Gasteiger partial charge is 0.324 e. The quantitative estimate of drug-likeness (QED) is 0.659. The van der Waals surface area contributed by atoms with Crippen LogP contribution in [0.4, 0.5) is 10.5 Å². The molecule has 6 nitrogen and oxygen atoms in total. The molecule has 2 N–H and O–H groups in total. The highest BCUT2D eigenvalue weighted by Crippen LogP contribution is 2.26. The van der Waals surface area contributed by atoms with Gasteiger partial charge in [0.15, 0.2) is 0 Å². The number of piperidine rings is 1. The summed E-state index contributed by atoms with van der Waals surface area (Å²) in [5.41, 5.74) is 2.09. The number of rotatable bonds is 2. The molecular formula is C19H18Cl2N4O2. The molecule has 2 heterocycles. The minimum Gasteiger partial charge on any atom is -0.324 e. The highest BCUT2D eigenvalue weighted by molar-refractivity contribution is 6.31. The number of carbonyl (C=O) groups excluding carboxylic acids is 1. The summed E-state index contributed by atoms with van der Waals surface area (Å²) < 4.78 is 1.78. The molecule has 140 valence electrons. The van der Waals surface area contributed by atoms with Gasteiger partial charge in [-0.2, -0.15) is 0 Å². The van der Waals surface area contributed by atoms with Crippen molar-refractivity contribution in [2.24, 2.45) is 0 Å². The van der Waals surface area contributed by atoms with Crippen LogP contribution in [0.5, 0.6) is 0 Å². The largest absolute Gasteiger partial charge is 0.326 e. The second-order valence-electron chi connectivity index (χ2n) is 6.62. The molecule has 1 aliphatic rings. The Kier molecular flexibility index (Phi) is 4.85. The topological polar surface area (TPSA) is 70.1 Å². The van der Waals surface area contributed by atoms with E-state index in [4.69, 9.17) is 23.2 Å². The van der Waals surface area contributed by atoms with Crippen molar-refractivity contribution >= 4 is 46.0 Å². The molecule has 0 spiro atoms. The summed E-state index contributed by atoms with van der Waals surface area (Å²) in [5.74, 6) is 0. The van der Waals surface area contributed by atoms with Crippen LogP contribution in [0, 0.1) is 0 Å². The summed E-state index contributed by atoms with van der Waals surface area (Å²) in [6.45, 7) is 1.15. The molecule has 27 heavy (non-hydrogen) atoms. The van der Waals surface area contributed by atoms with Crippen LogP contribution in [0.15, 0.2) is 47.3 Å². The van der Waals surface area contributed by atoms with E-state index in [0.717, 1.165) is 11.0 Å². The summed E-state index contributed by atoms with van der Waals surface area (Å²) in [5, 5.41) is 4.02. The van der Waals surface area contributed by atoms with Gasteiger partial charge in [-0.3, -0.25) is 4.57 Å². The number of hydrogen-bond donors (Lipinski definition) is 2. The third kappa shape index (κ3) is 3.68. The van der Waals surface area contributed by atoms with Gasteiger partial charge in [-0.25, -0.2) is 9.59 Å². The van der Waals surface area contributed by atoms with Gasteiger partial charge < -0.3 is 15.2 Å². The maximum atomic E-state index is 12.5. The zero-order valence-electron chi connectivity index (χ0n) is 14.4. The lowest BCUT2D eigenvalue weighted by Gasteiger charge is -2.32. The number of urea groups is 1. The second kappa shape index (κ2) is 7.29. The van der Waals surface area contributed by atoms with E-state index >= 15 is 0 Å². The van der Waals surface area contributed by atoms with E-state index in [1.54, 1.807) is 45.9 Å². The van der Waals surface area contributed by atoms with E-state index in [2.05, 4.69) is 10.3 Å². The number of nitrogens with zero attached hydrogens (tertiary/aromatic N) is 2. The molecular weight excluding hydrogens is 387 g/mol. The molecule has 0 radical (unpaired) electrons. The molecule has 0 aliphatic carbocycles. The van der Waals surface area contributed by atoms with Gasteiger partial charge in [-0.1, -0.05) is 29.3 Å². The fourth-order valence-corrected chi connectivity index (χ4v) is 3.92. The Morgan fingerprint density at radius 1 is 1.07 bits per heavy atom. The number of benzene rings is 2. The first-order valence-corrected chi connectivity index (χ1v) is 9.48. The van der Waals surface area contributed by atoms with Crippen LogP contribution in [-0.4, -0.2) is 33.6 Å². The normalized spacial score (nSPS) is 15.3. The van der Waals surface area contributed by atoms with E-state index in [-0.39, 0.29) is 17.8 Å². The Balaban J connectivity index is 1.45. The third-order valence-electron chi connectivity index (χ3n) is 4.87. The zero-order chi connectivity index (χ0) is 19.0. The monoisotopic (exact) mass is 404 g/mol. The molecule has 1 aromatic heterocycles. The van der Waals surface area contributed by atoms with E-state index in [9.17, 15) is 9.59 Å². The number of imidazole rings is 1. The van der Waals surface area contributed by atoms with Gasteiger partial charge in [0.1, 0.15) is 0 Å². The number of likely N-dealkylation sites (tertiary alicyclic amines) is 1. The number of carbonyl (C=O) groups is 1. The summed E-state index contributed by atoms with van der Waals surface area (Å²) in [6, 6.07) is 12.3. The number of halogens is 2. The van der Waals surface area contributed by atoms with Crippen LogP contribution in [0.2, 0.25) is 10.0 Å². The molecule has 4 rings (SSSR count). The minimum atomic E-state index is -0.159. The van der Waals surface area contributed by atoms with Crippen molar-refractivity contribution in [3.05, 3.63) is 63.0 Å². The van der Waals surface area contributed by atoms with Gasteiger partial charge in [-0.05, 0) is 49.2 Å². The number of aromatic nitrogens is 2. The second-order valence-corrected chi connectivity index (χ2v) is 7.49. The first-order chi connectivity index (χ1) is 13.0. The first kappa shape index (κ1) is 17.9. The molecule has 1 saturated heterocycles. The van der Waals surface area contributed by atoms with Gasteiger partial charge in [0.05, 0.1) is 11.0 Å². The van der Waals surface area contributed by atoms with Crippen LogP contribution >= 0.6 is 23.2 Å². The predicted molar refractivity (Wildman–Crippen MR) is 108 cm³/mol. The molecule has 1 aliphatic heterocycles. The Morgan fingerprint density at radius 3 is 2.56 bits per heavy atom. The molecule has 3 aromatic rings. The molecule has 0 saturated carbocycles. The molecule has 0 atom stereocenters. The average molecular weight is 405 g/mol. The number of H-pyrrole nitrogens is 1. The number of hydrogen-bond acceptors (Lipinski definition) is 2. The lowest BCUT2D eigenvalue weighted by atomic mass is 10.0. The molecule has 1 fully saturated rings. The lowest BCUT2D eigenvalue weighted by molar-refractivity contribution is 0.184. The van der Waals surface area contributed by atoms with E-state index < -0.39 is 0 Å². The van der Waals surface area contributed by atoms with E-state index in [0.29, 0.717) is 41.7 Å². The summed E-state index contributed by atoms with van der Waals surface area (Å²) in [7, 11) is 0. The SMILES string of the molecule is O=C(Nc1cccc(Cl)c1)N1CCC(n2c(=O)[nH]c3cc(Cl)ccc32)CC1. The Labute approximate surface area is 165 Å². The molecule has 0 bridgehead atoms. The van der Waals surface area contributed by atoms with Gasteiger partial charge in [-0.15, -0.1) is 0 Å². The summed E-state index contributed by atoms with van der Waals surface area (Å²) >= 11 is 12.0. The standard InChI is InChI=1S/C19H18Cl2N4O2/c20-12-2-1-3-14(10-12)22-18(26)24-8-6-15(7-9-24)25-17-5-4-13(21)11-16(17)23-19(25)27/h1-5,10-11,15H,6-9H2,(H,22,26)(H,23,27). The van der Waals surface area contributed by atoms with Gasteiger partial charge in [0, 0.05) is 34.9 Å². The number of fused-ring (bicyclic) bond motifs is 1. The highest BCUT2D eigenvalue weighted by Gasteiger charge is 2.26. The van der Waals surface area contributed by atoms with Crippen LogP contribution in [0.3, 0.4) is 0 Å². The van der Waals surface area contributed by atoms with Crippen molar-refractivity contribution in [1.29, 1.82) is 0 Å². The maximum Gasteiger partial charge on any atom is 0.326 e. The van der Waals surface area contributed by atoms with Crippen molar-refractivity contribution in [3.63, 3.8) is 0 Å². The highest BCUT2D eigenvalue weighted by atomic mass is 35.5. The Hall–Kier alpha value is -2.44. The van der Waals surface area contributed by atoms with Crippen LogP contribution in [-0.2, 0) is 0 Å². The van der Waals surface area contributed by atoms with E-state index in [1.807, 2.05) is 6.07 Å². The third-order valence-corrected chi connectivity index (χ3v) is 5.34. The fourth-order valence-electron chi connectivity index (χ4n) is 3.56. The molecule has 0 unspecified atom stereocenters. The predicted octanol–water partition coefficient (Wildman–Crippen LogP) is 4.51. The van der Waals surface area contributed by atoms with Gasteiger partial charge in [0.2, 0.25) is 0 Å². The Bertz CT molecular complexity index is 1050. The van der Waals surface area contributed by atoms with Gasteiger partial charge >= 0.3 is 11.7 Å². The van der Waals surface area contributed by atoms with Crippen molar-refractivity contribution in [1.82, 2.24) is 14.5 Å². The minimum absolute atomic E-state index is 0.0441. The number of amides is 2. The molecule has 2 amide bonds. The Morgan fingerprint density at radius 2 is 1.81 bits per heavy atom. The summed E-state index contributed by atoms with van der Waals surface area (Å²) in [6.07, 6.45) is 1.41. The fraction of sp³-hybridized carbons (Fsp3) is 0.263. The van der Waals surface area contributed by atoms with Crippen LogP contribution in [0.25, 0.3) is 11.0 Å². The van der Waals surface area contributed by atoms with E-state index in [1.165, 1.54) is 0 Å². The van der Waals surface area contributed by atoms with Crippen LogP contribution in [0.1, 0.15) is 18.9 Å². The van der Waals surface area contributed by atoms with Gasteiger partial charge in [0.25, 0.3) is 0 Å². The van der Waals surface area contributed by atoms with Crippen molar-refractivity contribution in [2.45, 2.75) is 18.9 Å². The zero-order valence-corrected chi connectivity index (χ0v) is 15.9. The molecule has 8 heteroatoms. The van der Waals surface area contributed by atoms with Crippen LogP contribution < -0.4 is 11.0 Å². The number of anilines is 1. The maximum absolute atomic E-state index is 12.5. The van der Waals surface area contributed by atoms with Crippen molar-refractivity contribution in [2.75, 3.05) is 18.4 Å². The number of nitrogens with one attached hydrogen (secondary N) is 2. The first-order valence-electron chi connectivity index (χ1n) is 8.72. The van der Waals surface area contributed by atoms with Crippen molar-refractivity contribution in [3.8, 4) is 0 Å².